The van der Waals surface area contributed by atoms with Gasteiger partial charge in [0.15, 0.2) is 11.7 Å². The average Bonchev–Trinajstić information content (AvgIpc) is 2.47. The average molecular weight is 173 g/mol. The van der Waals surface area contributed by atoms with Crippen LogP contribution in [0.25, 0.3) is 11.3 Å². The van der Waals surface area contributed by atoms with Crippen LogP contribution in [0.1, 0.15) is 11.6 Å². The van der Waals surface area contributed by atoms with Gasteiger partial charge in [-0.25, -0.2) is 4.98 Å². The van der Waals surface area contributed by atoms with Crippen molar-refractivity contribution in [3.8, 4) is 11.3 Å². The summed E-state index contributed by atoms with van der Waals surface area (Å²) in [4.78, 5) is 4.22. The van der Waals surface area contributed by atoms with E-state index in [0.29, 0.717) is 0 Å². The predicted molar refractivity (Wildman–Crippen MR) is 51.4 cm³/mol. The number of nitrogens with zero attached hydrogens (tertiary/aromatic N) is 1. The first-order chi connectivity index (χ1) is 6.27. The van der Waals surface area contributed by atoms with E-state index in [1.54, 1.807) is 0 Å². The first kappa shape index (κ1) is 8.05. The molecule has 2 rings (SSSR count). The normalized spacial score (nSPS) is 10.3. The largest absolute Gasteiger partial charge is 0.441 e. The van der Waals surface area contributed by atoms with Crippen LogP contribution in [0.15, 0.2) is 34.7 Å². The molecular weight excluding hydrogens is 162 g/mol. The quantitative estimate of drug-likeness (QED) is 0.662. The fraction of sp³-hybridized carbons (Fsp3) is 0.182. The molecule has 1 aromatic heterocycles. The van der Waals surface area contributed by atoms with Crippen LogP contribution in [0.3, 0.4) is 0 Å². The molecule has 0 N–H and O–H groups in total. The zero-order valence-electron chi connectivity index (χ0n) is 7.74. The highest BCUT2D eigenvalue weighted by atomic mass is 16.4. The minimum Gasteiger partial charge on any atom is -0.441 e. The number of aromatic nitrogens is 1. The number of rotatable bonds is 1. The van der Waals surface area contributed by atoms with Gasteiger partial charge in [-0.05, 0) is 6.92 Å². The van der Waals surface area contributed by atoms with E-state index in [1.165, 1.54) is 0 Å². The van der Waals surface area contributed by atoms with Gasteiger partial charge in [0, 0.05) is 12.5 Å². The molecule has 0 saturated heterocycles. The summed E-state index contributed by atoms with van der Waals surface area (Å²) in [5.41, 5.74) is 2.03. The molecule has 13 heavy (non-hydrogen) atoms. The smallest absolute Gasteiger partial charge is 0.192 e. The van der Waals surface area contributed by atoms with Gasteiger partial charge in [0.2, 0.25) is 0 Å². The Hall–Kier alpha value is -1.57. The predicted octanol–water partition coefficient (Wildman–Crippen LogP) is 2.96. The SMILES string of the molecule is Cc1nc(C)c(-c2ccccc2)o1. The lowest BCUT2D eigenvalue weighted by Crippen LogP contribution is -1.76. The molecular formula is C11H11NO. The second-order valence-corrected chi connectivity index (χ2v) is 3.01. The third kappa shape index (κ3) is 1.47. The molecule has 0 unspecified atom stereocenters. The monoisotopic (exact) mass is 173 g/mol. The van der Waals surface area contributed by atoms with E-state index >= 15 is 0 Å². The van der Waals surface area contributed by atoms with Gasteiger partial charge >= 0.3 is 0 Å². The second kappa shape index (κ2) is 3.05. The highest BCUT2D eigenvalue weighted by molar-refractivity contribution is 5.59. The fourth-order valence-corrected chi connectivity index (χ4v) is 1.39. The Morgan fingerprint density at radius 2 is 1.77 bits per heavy atom. The summed E-state index contributed by atoms with van der Waals surface area (Å²) in [5, 5.41) is 0. The van der Waals surface area contributed by atoms with E-state index in [2.05, 4.69) is 4.98 Å². The Morgan fingerprint density at radius 1 is 1.08 bits per heavy atom. The molecule has 2 aromatic rings. The van der Waals surface area contributed by atoms with Crippen molar-refractivity contribution in [3.05, 3.63) is 41.9 Å². The second-order valence-electron chi connectivity index (χ2n) is 3.01. The van der Waals surface area contributed by atoms with Gasteiger partial charge in [-0.1, -0.05) is 30.3 Å². The number of aryl methyl sites for hydroxylation is 2. The molecule has 2 nitrogen and oxygen atoms in total. The number of benzene rings is 1. The van der Waals surface area contributed by atoms with Crippen molar-refractivity contribution in [2.45, 2.75) is 13.8 Å². The molecule has 0 saturated carbocycles. The van der Waals surface area contributed by atoms with Crippen LogP contribution in [0.5, 0.6) is 0 Å². The minimum absolute atomic E-state index is 0.719. The summed E-state index contributed by atoms with van der Waals surface area (Å²) >= 11 is 0. The molecule has 0 atom stereocenters. The lowest BCUT2D eigenvalue weighted by Gasteiger charge is -1.95. The number of hydrogen-bond acceptors (Lipinski definition) is 2. The van der Waals surface area contributed by atoms with Gasteiger partial charge in [0.1, 0.15) is 0 Å². The standard InChI is InChI=1S/C11H11NO/c1-8-11(13-9(2)12-8)10-6-4-3-5-7-10/h3-7H,1-2H3. The van der Waals surface area contributed by atoms with Gasteiger partial charge in [-0.15, -0.1) is 0 Å². The molecule has 0 aliphatic carbocycles. The zero-order valence-corrected chi connectivity index (χ0v) is 7.74. The summed E-state index contributed by atoms with van der Waals surface area (Å²) in [6, 6.07) is 10.0. The van der Waals surface area contributed by atoms with Gasteiger partial charge in [-0.3, -0.25) is 0 Å². The van der Waals surface area contributed by atoms with Crippen LogP contribution in [0, 0.1) is 13.8 Å². The summed E-state index contributed by atoms with van der Waals surface area (Å²) in [6.45, 7) is 3.82. The lowest BCUT2D eigenvalue weighted by molar-refractivity contribution is 0.534. The first-order valence-corrected chi connectivity index (χ1v) is 4.27. The van der Waals surface area contributed by atoms with Crippen molar-refractivity contribution in [1.29, 1.82) is 0 Å². The van der Waals surface area contributed by atoms with E-state index in [4.69, 9.17) is 4.42 Å². The molecule has 0 amide bonds. The van der Waals surface area contributed by atoms with E-state index < -0.39 is 0 Å². The summed E-state index contributed by atoms with van der Waals surface area (Å²) in [7, 11) is 0. The maximum absolute atomic E-state index is 5.49. The van der Waals surface area contributed by atoms with E-state index in [-0.39, 0.29) is 0 Å². The molecule has 66 valence electrons. The van der Waals surface area contributed by atoms with Crippen molar-refractivity contribution in [2.24, 2.45) is 0 Å². The van der Waals surface area contributed by atoms with Crippen molar-refractivity contribution in [1.82, 2.24) is 4.98 Å². The third-order valence-electron chi connectivity index (χ3n) is 1.94. The zero-order chi connectivity index (χ0) is 9.26. The topological polar surface area (TPSA) is 26.0 Å². The maximum atomic E-state index is 5.49. The molecule has 0 aliphatic heterocycles. The van der Waals surface area contributed by atoms with Crippen LogP contribution < -0.4 is 0 Å². The van der Waals surface area contributed by atoms with Crippen molar-refractivity contribution >= 4 is 0 Å². The van der Waals surface area contributed by atoms with Gasteiger partial charge in [0.05, 0.1) is 5.69 Å². The van der Waals surface area contributed by atoms with Crippen LogP contribution in [0.4, 0.5) is 0 Å². The van der Waals surface area contributed by atoms with Crippen LogP contribution in [-0.2, 0) is 0 Å². The summed E-state index contributed by atoms with van der Waals surface area (Å²) in [6.07, 6.45) is 0. The molecule has 0 bridgehead atoms. The Kier molecular flexibility index (Phi) is 1.89. The Labute approximate surface area is 77.2 Å². The molecule has 2 heteroatoms. The molecule has 0 radical (unpaired) electrons. The number of oxazole rings is 1. The van der Waals surface area contributed by atoms with Crippen LogP contribution in [-0.4, -0.2) is 4.98 Å². The maximum Gasteiger partial charge on any atom is 0.192 e. The van der Waals surface area contributed by atoms with E-state index in [9.17, 15) is 0 Å². The van der Waals surface area contributed by atoms with Crippen LogP contribution in [0.2, 0.25) is 0 Å². The van der Waals surface area contributed by atoms with E-state index in [1.807, 2.05) is 44.2 Å². The molecule has 1 aromatic carbocycles. The third-order valence-corrected chi connectivity index (χ3v) is 1.94. The molecule has 0 fully saturated rings. The molecule has 0 spiro atoms. The lowest BCUT2D eigenvalue weighted by atomic mass is 10.1. The minimum atomic E-state index is 0.719. The van der Waals surface area contributed by atoms with Gasteiger partial charge in [-0.2, -0.15) is 0 Å². The van der Waals surface area contributed by atoms with Crippen LogP contribution >= 0.6 is 0 Å². The molecule has 0 aliphatic rings. The highest BCUT2D eigenvalue weighted by Crippen LogP contribution is 2.23. The van der Waals surface area contributed by atoms with Gasteiger partial charge in [0.25, 0.3) is 0 Å². The Balaban J connectivity index is 2.53. The first-order valence-electron chi connectivity index (χ1n) is 4.27. The molecule has 1 heterocycles. The van der Waals surface area contributed by atoms with Crippen molar-refractivity contribution < 1.29 is 4.42 Å². The van der Waals surface area contributed by atoms with Crippen molar-refractivity contribution in [2.75, 3.05) is 0 Å². The van der Waals surface area contributed by atoms with Gasteiger partial charge < -0.3 is 4.42 Å². The fourth-order valence-electron chi connectivity index (χ4n) is 1.39. The Morgan fingerprint density at radius 3 is 2.31 bits per heavy atom. The Bertz CT molecular complexity index is 403. The highest BCUT2D eigenvalue weighted by Gasteiger charge is 2.07. The van der Waals surface area contributed by atoms with Crippen molar-refractivity contribution in [3.63, 3.8) is 0 Å². The van der Waals surface area contributed by atoms with E-state index in [0.717, 1.165) is 22.9 Å². The summed E-state index contributed by atoms with van der Waals surface area (Å²) in [5.74, 6) is 1.59. The summed E-state index contributed by atoms with van der Waals surface area (Å²) < 4.78 is 5.49. The number of hydrogen-bond donors (Lipinski definition) is 0.